The molecule has 1 aromatic carbocycles. The number of carboxylic acid groups (broad SMARTS) is 1. The standard InChI is InChI=1S/C23H27N9O5/c1-23(2,3)37-22(35)24-9-4-10-31-13-15(11-26-31)27-21-25-12-18-20(28-21)32(30-29-18)16-5-7-17(8-6-16)36-14-19(33)34/h5-8,11-13H,4,9-10,14H2,1-3H3,(H,24,35)(H,33,34)(H,25,27,28). The average Bonchev–Trinajstić information content (AvgIpc) is 3.46. The van der Waals surface area contributed by atoms with Crippen LogP contribution < -0.4 is 15.4 Å². The third kappa shape index (κ3) is 7.13. The van der Waals surface area contributed by atoms with Crippen molar-refractivity contribution in [2.75, 3.05) is 18.5 Å². The highest BCUT2D eigenvalue weighted by Crippen LogP contribution is 2.20. The van der Waals surface area contributed by atoms with Gasteiger partial charge in [0.2, 0.25) is 5.95 Å². The summed E-state index contributed by atoms with van der Waals surface area (Å²) in [5.74, 6) is -0.294. The number of hydrogen-bond donors (Lipinski definition) is 3. The van der Waals surface area contributed by atoms with Crippen molar-refractivity contribution < 1.29 is 24.2 Å². The van der Waals surface area contributed by atoms with Crippen molar-refractivity contribution in [1.29, 1.82) is 0 Å². The number of fused-ring (bicyclic) bond motifs is 1. The lowest BCUT2D eigenvalue weighted by Crippen LogP contribution is -2.33. The first kappa shape index (κ1) is 25.3. The average molecular weight is 510 g/mol. The van der Waals surface area contributed by atoms with Gasteiger partial charge >= 0.3 is 12.1 Å². The van der Waals surface area contributed by atoms with Crippen molar-refractivity contribution in [3.8, 4) is 11.4 Å². The summed E-state index contributed by atoms with van der Waals surface area (Å²) in [6.45, 7) is 6.08. The normalized spacial score (nSPS) is 11.3. The van der Waals surface area contributed by atoms with Crippen molar-refractivity contribution in [2.45, 2.75) is 39.3 Å². The summed E-state index contributed by atoms with van der Waals surface area (Å²) in [6, 6.07) is 6.73. The molecule has 0 unspecified atom stereocenters. The van der Waals surface area contributed by atoms with Crippen LogP contribution in [0.15, 0.2) is 42.9 Å². The number of aliphatic carboxylic acids is 1. The van der Waals surface area contributed by atoms with E-state index in [4.69, 9.17) is 14.6 Å². The minimum atomic E-state index is -1.05. The van der Waals surface area contributed by atoms with E-state index in [1.54, 1.807) is 46.0 Å². The Bertz CT molecular complexity index is 1380. The number of amides is 1. The molecule has 4 rings (SSSR count). The molecule has 0 aliphatic rings. The van der Waals surface area contributed by atoms with E-state index < -0.39 is 24.3 Å². The molecule has 0 fully saturated rings. The number of aryl methyl sites for hydroxylation is 1. The predicted octanol–water partition coefficient (Wildman–Crippen LogP) is 2.53. The minimum absolute atomic E-state index is 0.337. The smallest absolute Gasteiger partial charge is 0.407 e. The van der Waals surface area contributed by atoms with E-state index >= 15 is 0 Å². The first-order valence-corrected chi connectivity index (χ1v) is 11.5. The Kier molecular flexibility index (Phi) is 7.46. The number of alkyl carbamates (subject to hydrolysis) is 1. The van der Waals surface area contributed by atoms with Gasteiger partial charge in [0, 0.05) is 19.3 Å². The highest BCUT2D eigenvalue weighted by Gasteiger charge is 2.15. The van der Waals surface area contributed by atoms with Crippen LogP contribution in [0.3, 0.4) is 0 Å². The lowest BCUT2D eigenvalue weighted by Gasteiger charge is -2.19. The van der Waals surface area contributed by atoms with Gasteiger partial charge in [0.05, 0.1) is 23.8 Å². The second-order valence-electron chi connectivity index (χ2n) is 8.98. The number of carboxylic acids is 1. The largest absolute Gasteiger partial charge is 0.482 e. The molecule has 14 heteroatoms. The molecule has 0 aliphatic carbocycles. The number of carbonyl (C=O) groups is 2. The molecule has 3 heterocycles. The third-order valence-electron chi connectivity index (χ3n) is 4.76. The van der Waals surface area contributed by atoms with Crippen LogP contribution in [-0.2, 0) is 16.1 Å². The maximum Gasteiger partial charge on any atom is 0.407 e. The van der Waals surface area contributed by atoms with Gasteiger partial charge in [0.1, 0.15) is 11.4 Å². The van der Waals surface area contributed by atoms with Gasteiger partial charge in [-0.1, -0.05) is 5.21 Å². The zero-order valence-corrected chi connectivity index (χ0v) is 20.6. The summed E-state index contributed by atoms with van der Waals surface area (Å²) in [7, 11) is 0. The van der Waals surface area contributed by atoms with E-state index in [2.05, 4.69) is 36.0 Å². The highest BCUT2D eigenvalue weighted by atomic mass is 16.6. The van der Waals surface area contributed by atoms with Gasteiger partial charge < -0.3 is 25.2 Å². The molecule has 14 nitrogen and oxygen atoms in total. The second-order valence-corrected chi connectivity index (χ2v) is 8.98. The summed E-state index contributed by atoms with van der Waals surface area (Å²) < 4.78 is 13.7. The molecule has 4 aromatic rings. The number of ether oxygens (including phenoxy) is 2. The maximum atomic E-state index is 11.7. The molecule has 1 amide bonds. The highest BCUT2D eigenvalue weighted by molar-refractivity contribution is 5.73. The molecule has 3 aromatic heterocycles. The van der Waals surface area contributed by atoms with Crippen LogP contribution in [0.2, 0.25) is 0 Å². The number of nitrogens with zero attached hydrogens (tertiary/aromatic N) is 7. The SMILES string of the molecule is CC(C)(C)OC(=O)NCCCn1cc(Nc2ncc3nnn(-c4ccc(OCC(=O)O)cc4)c3n2)cn1. The zero-order valence-electron chi connectivity index (χ0n) is 20.6. The van der Waals surface area contributed by atoms with Gasteiger partial charge in [-0.3, -0.25) is 4.68 Å². The second kappa shape index (κ2) is 10.9. The lowest BCUT2D eigenvalue weighted by atomic mass is 10.2. The Morgan fingerprint density at radius 2 is 1.92 bits per heavy atom. The lowest BCUT2D eigenvalue weighted by molar-refractivity contribution is -0.139. The fourth-order valence-electron chi connectivity index (χ4n) is 3.22. The van der Waals surface area contributed by atoms with Crippen molar-refractivity contribution >= 4 is 34.9 Å². The van der Waals surface area contributed by atoms with Gasteiger partial charge in [-0.2, -0.15) is 14.8 Å². The number of hydrogen-bond acceptors (Lipinski definition) is 10. The molecular formula is C23H27N9O5. The Balaban J connectivity index is 1.36. The number of anilines is 2. The molecule has 3 N–H and O–H groups in total. The molecule has 0 saturated carbocycles. The van der Waals surface area contributed by atoms with Gasteiger partial charge in [0.25, 0.3) is 0 Å². The molecular weight excluding hydrogens is 482 g/mol. The Morgan fingerprint density at radius 1 is 1.14 bits per heavy atom. The van der Waals surface area contributed by atoms with Gasteiger partial charge in [-0.15, -0.1) is 5.10 Å². The first-order chi connectivity index (χ1) is 17.7. The van der Waals surface area contributed by atoms with Crippen molar-refractivity contribution in [3.63, 3.8) is 0 Å². The van der Waals surface area contributed by atoms with Crippen LogP contribution in [0.5, 0.6) is 5.75 Å². The van der Waals surface area contributed by atoms with Crippen LogP contribution >= 0.6 is 0 Å². The quantitative estimate of drug-likeness (QED) is 0.268. The maximum absolute atomic E-state index is 11.7. The minimum Gasteiger partial charge on any atom is -0.482 e. The summed E-state index contributed by atoms with van der Waals surface area (Å²) in [5.41, 5.74) is 1.82. The molecule has 37 heavy (non-hydrogen) atoms. The van der Waals surface area contributed by atoms with Crippen LogP contribution in [0.4, 0.5) is 16.4 Å². The fraction of sp³-hybridized carbons (Fsp3) is 0.348. The Labute approximate surface area is 211 Å². The van der Waals surface area contributed by atoms with Crippen LogP contribution in [0.1, 0.15) is 27.2 Å². The van der Waals surface area contributed by atoms with Crippen LogP contribution in [0, 0.1) is 0 Å². The number of aromatic nitrogens is 7. The number of carbonyl (C=O) groups excluding carboxylic acids is 1. The molecule has 0 saturated heterocycles. The molecule has 0 radical (unpaired) electrons. The topological polar surface area (TPSA) is 171 Å². The van der Waals surface area contributed by atoms with E-state index in [1.165, 1.54) is 0 Å². The van der Waals surface area contributed by atoms with E-state index in [1.807, 2.05) is 27.0 Å². The zero-order chi connectivity index (χ0) is 26.4. The monoisotopic (exact) mass is 509 g/mol. The van der Waals surface area contributed by atoms with Crippen molar-refractivity contribution in [2.24, 2.45) is 0 Å². The number of rotatable bonds is 10. The Morgan fingerprint density at radius 3 is 2.65 bits per heavy atom. The van der Waals surface area contributed by atoms with Gasteiger partial charge in [-0.05, 0) is 51.5 Å². The predicted molar refractivity (Wildman–Crippen MR) is 132 cm³/mol. The van der Waals surface area contributed by atoms with Crippen LogP contribution in [-0.4, -0.2) is 70.7 Å². The summed E-state index contributed by atoms with van der Waals surface area (Å²) in [4.78, 5) is 31.2. The summed E-state index contributed by atoms with van der Waals surface area (Å²) in [5, 5.41) is 27.1. The van der Waals surface area contributed by atoms with Crippen LogP contribution in [0.25, 0.3) is 16.9 Å². The summed E-state index contributed by atoms with van der Waals surface area (Å²) >= 11 is 0. The molecule has 0 spiro atoms. The van der Waals surface area contributed by atoms with Gasteiger partial charge in [-0.25, -0.2) is 14.6 Å². The molecule has 194 valence electrons. The number of nitrogens with one attached hydrogen (secondary N) is 2. The van der Waals surface area contributed by atoms with Crippen molar-refractivity contribution in [1.82, 2.24) is 40.1 Å². The Hall–Kier alpha value is -4.75. The first-order valence-electron chi connectivity index (χ1n) is 11.5. The fourth-order valence-corrected chi connectivity index (χ4v) is 3.22. The summed E-state index contributed by atoms with van der Waals surface area (Å²) in [6.07, 6.45) is 5.25. The molecule has 0 aliphatic heterocycles. The molecule has 0 atom stereocenters. The van der Waals surface area contributed by atoms with E-state index in [9.17, 15) is 9.59 Å². The van der Waals surface area contributed by atoms with E-state index in [-0.39, 0.29) is 0 Å². The van der Waals surface area contributed by atoms with Gasteiger partial charge in [0.15, 0.2) is 17.8 Å². The third-order valence-corrected chi connectivity index (χ3v) is 4.76. The van der Waals surface area contributed by atoms with E-state index in [0.717, 1.165) is 0 Å². The number of benzene rings is 1. The van der Waals surface area contributed by atoms with Crippen molar-refractivity contribution in [3.05, 3.63) is 42.9 Å². The molecule has 0 bridgehead atoms. The van der Waals surface area contributed by atoms with E-state index in [0.29, 0.717) is 53.7 Å².